The molecule has 0 radical (unpaired) electrons. The second-order valence-electron chi connectivity index (χ2n) is 5.12. The fraction of sp³-hybridized carbons (Fsp3) is 0.375. The highest BCUT2D eigenvalue weighted by atomic mass is 16.5. The molecular weight excluding hydrogens is 250 g/mol. The van der Waals surface area contributed by atoms with E-state index in [2.05, 4.69) is 16.4 Å². The number of aromatic nitrogens is 1. The molecule has 0 amide bonds. The Morgan fingerprint density at radius 3 is 2.90 bits per heavy atom. The highest BCUT2D eigenvalue weighted by Gasteiger charge is 2.14. The second-order valence-corrected chi connectivity index (χ2v) is 5.12. The van der Waals surface area contributed by atoms with Crippen LogP contribution in [0.2, 0.25) is 0 Å². The summed E-state index contributed by atoms with van der Waals surface area (Å²) in [5, 5.41) is 13.5. The van der Waals surface area contributed by atoms with Gasteiger partial charge in [-0.2, -0.15) is 5.26 Å². The number of hydrogen-bond acceptors (Lipinski definition) is 4. The molecule has 4 heteroatoms. The van der Waals surface area contributed by atoms with Crippen molar-refractivity contribution in [2.45, 2.75) is 12.8 Å². The van der Waals surface area contributed by atoms with Crippen molar-refractivity contribution in [1.82, 2.24) is 4.98 Å². The highest BCUT2D eigenvalue weighted by Crippen LogP contribution is 2.21. The molecule has 1 aromatic heterocycles. The SMILES string of the molecule is N#Cc1cc(NCC2CCOCC2)nc2ccccc12. The van der Waals surface area contributed by atoms with E-state index in [9.17, 15) is 5.26 Å². The van der Waals surface area contributed by atoms with Crippen LogP contribution in [0.3, 0.4) is 0 Å². The Morgan fingerprint density at radius 1 is 1.30 bits per heavy atom. The van der Waals surface area contributed by atoms with E-state index in [-0.39, 0.29) is 0 Å². The molecule has 2 heterocycles. The molecule has 1 aliphatic heterocycles. The summed E-state index contributed by atoms with van der Waals surface area (Å²) in [5.41, 5.74) is 1.53. The van der Waals surface area contributed by atoms with Crippen LogP contribution >= 0.6 is 0 Å². The van der Waals surface area contributed by atoms with E-state index in [1.807, 2.05) is 30.3 Å². The molecule has 1 fully saturated rings. The van der Waals surface area contributed by atoms with Gasteiger partial charge in [0.1, 0.15) is 5.82 Å². The molecule has 1 aromatic carbocycles. The van der Waals surface area contributed by atoms with E-state index in [1.165, 1.54) is 0 Å². The number of para-hydroxylation sites is 1. The van der Waals surface area contributed by atoms with Crippen molar-refractivity contribution in [2.75, 3.05) is 25.1 Å². The number of nitrogens with one attached hydrogen (secondary N) is 1. The largest absolute Gasteiger partial charge is 0.381 e. The molecule has 1 aliphatic rings. The normalized spacial score (nSPS) is 15.9. The molecule has 1 saturated heterocycles. The lowest BCUT2D eigenvalue weighted by molar-refractivity contribution is 0.0699. The van der Waals surface area contributed by atoms with E-state index in [0.29, 0.717) is 11.5 Å². The van der Waals surface area contributed by atoms with Crippen LogP contribution in [0.5, 0.6) is 0 Å². The summed E-state index contributed by atoms with van der Waals surface area (Å²) >= 11 is 0. The van der Waals surface area contributed by atoms with Gasteiger partial charge in [-0.1, -0.05) is 18.2 Å². The Kier molecular flexibility index (Phi) is 3.80. The Hall–Kier alpha value is -2.12. The minimum Gasteiger partial charge on any atom is -0.381 e. The van der Waals surface area contributed by atoms with E-state index in [0.717, 1.165) is 49.3 Å². The van der Waals surface area contributed by atoms with E-state index in [1.54, 1.807) is 0 Å². The van der Waals surface area contributed by atoms with Crippen LogP contribution in [0.25, 0.3) is 10.9 Å². The third-order valence-corrected chi connectivity index (χ3v) is 3.75. The molecule has 0 unspecified atom stereocenters. The number of fused-ring (bicyclic) bond motifs is 1. The second kappa shape index (κ2) is 5.89. The highest BCUT2D eigenvalue weighted by molar-refractivity contribution is 5.86. The minimum absolute atomic E-state index is 0.627. The van der Waals surface area contributed by atoms with Crippen LogP contribution in [0.1, 0.15) is 18.4 Å². The maximum Gasteiger partial charge on any atom is 0.127 e. The number of benzene rings is 1. The van der Waals surface area contributed by atoms with Crippen LogP contribution in [-0.4, -0.2) is 24.7 Å². The van der Waals surface area contributed by atoms with Gasteiger partial charge in [0.2, 0.25) is 0 Å². The predicted molar refractivity (Wildman–Crippen MR) is 78.5 cm³/mol. The van der Waals surface area contributed by atoms with Gasteiger partial charge in [-0.3, -0.25) is 0 Å². The summed E-state index contributed by atoms with van der Waals surface area (Å²) in [7, 11) is 0. The molecule has 1 N–H and O–H groups in total. The summed E-state index contributed by atoms with van der Waals surface area (Å²) < 4.78 is 5.36. The van der Waals surface area contributed by atoms with Crippen molar-refractivity contribution in [2.24, 2.45) is 5.92 Å². The summed E-state index contributed by atoms with van der Waals surface area (Å²) in [6, 6.07) is 11.8. The first-order chi connectivity index (χ1) is 9.86. The molecule has 4 nitrogen and oxygen atoms in total. The van der Waals surface area contributed by atoms with Crippen LogP contribution in [0.4, 0.5) is 5.82 Å². The van der Waals surface area contributed by atoms with Crippen LogP contribution in [-0.2, 0) is 4.74 Å². The Morgan fingerprint density at radius 2 is 2.10 bits per heavy atom. The minimum atomic E-state index is 0.627. The summed E-state index contributed by atoms with van der Waals surface area (Å²) in [6.45, 7) is 2.58. The van der Waals surface area contributed by atoms with Crippen molar-refractivity contribution >= 4 is 16.7 Å². The lowest BCUT2D eigenvalue weighted by Gasteiger charge is -2.22. The first-order valence-electron chi connectivity index (χ1n) is 6.98. The van der Waals surface area contributed by atoms with Gasteiger partial charge in [-0.05, 0) is 30.9 Å². The Balaban J connectivity index is 1.79. The molecule has 0 bridgehead atoms. The van der Waals surface area contributed by atoms with Crippen molar-refractivity contribution in [1.29, 1.82) is 5.26 Å². The molecule has 2 aromatic rings. The molecule has 0 atom stereocenters. The van der Waals surface area contributed by atoms with E-state index < -0.39 is 0 Å². The maximum absolute atomic E-state index is 9.25. The number of rotatable bonds is 3. The molecule has 20 heavy (non-hydrogen) atoms. The average molecular weight is 267 g/mol. The number of ether oxygens (including phenoxy) is 1. The zero-order valence-corrected chi connectivity index (χ0v) is 11.3. The van der Waals surface area contributed by atoms with Crippen LogP contribution in [0.15, 0.2) is 30.3 Å². The number of pyridine rings is 1. The van der Waals surface area contributed by atoms with Gasteiger partial charge in [-0.25, -0.2) is 4.98 Å². The smallest absolute Gasteiger partial charge is 0.127 e. The summed E-state index contributed by atoms with van der Waals surface area (Å²) in [6.07, 6.45) is 2.18. The molecule has 3 rings (SSSR count). The third kappa shape index (κ3) is 2.73. The lowest BCUT2D eigenvalue weighted by atomic mass is 10.0. The van der Waals surface area contributed by atoms with Crippen molar-refractivity contribution in [3.8, 4) is 6.07 Å². The number of nitrogens with zero attached hydrogens (tertiary/aromatic N) is 2. The molecule has 0 aliphatic carbocycles. The van der Waals surface area contributed by atoms with Crippen LogP contribution in [0, 0.1) is 17.2 Å². The summed E-state index contributed by atoms with van der Waals surface area (Å²) in [4.78, 5) is 4.57. The molecular formula is C16H17N3O. The van der Waals surface area contributed by atoms with Gasteiger partial charge in [0.15, 0.2) is 0 Å². The Labute approximate surface area is 118 Å². The predicted octanol–water partition coefficient (Wildman–Crippen LogP) is 2.94. The maximum atomic E-state index is 9.25. The van der Waals surface area contributed by atoms with Gasteiger partial charge in [0.25, 0.3) is 0 Å². The Bertz CT molecular complexity index is 642. The zero-order valence-electron chi connectivity index (χ0n) is 11.3. The standard InChI is InChI=1S/C16H17N3O/c17-10-13-9-16(18-11-12-5-7-20-8-6-12)19-15-4-2-1-3-14(13)15/h1-4,9,12H,5-8,11H2,(H,18,19). The fourth-order valence-electron chi connectivity index (χ4n) is 2.56. The molecule has 0 spiro atoms. The van der Waals surface area contributed by atoms with Gasteiger partial charge in [-0.15, -0.1) is 0 Å². The monoisotopic (exact) mass is 267 g/mol. The lowest BCUT2D eigenvalue weighted by Crippen LogP contribution is -2.22. The van der Waals surface area contributed by atoms with Gasteiger partial charge in [0.05, 0.1) is 17.1 Å². The quantitative estimate of drug-likeness (QED) is 0.929. The van der Waals surface area contributed by atoms with E-state index in [4.69, 9.17) is 4.74 Å². The molecule has 102 valence electrons. The zero-order chi connectivity index (χ0) is 13.8. The number of anilines is 1. The van der Waals surface area contributed by atoms with Crippen LogP contribution < -0.4 is 5.32 Å². The van der Waals surface area contributed by atoms with Crippen molar-refractivity contribution in [3.63, 3.8) is 0 Å². The van der Waals surface area contributed by atoms with Crippen molar-refractivity contribution in [3.05, 3.63) is 35.9 Å². The topological polar surface area (TPSA) is 57.9 Å². The number of nitriles is 1. The van der Waals surface area contributed by atoms with Crippen molar-refractivity contribution < 1.29 is 4.74 Å². The summed E-state index contributed by atoms with van der Waals surface area (Å²) in [5.74, 6) is 1.41. The first-order valence-corrected chi connectivity index (χ1v) is 6.98. The number of hydrogen-bond donors (Lipinski definition) is 1. The fourth-order valence-corrected chi connectivity index (χ4v) is 2.56. The van der Waals surface area contributed by atoms with E-state index >= 15 is 0 Å². The molecule has 0 saturated carbocycles. The van der Waals surface area contributed by atoms with Gasteiger partial charge >= 0.3 is 0 Å². The third-order valence-electron chi connectivity index (χ3n) is 3.75. The van der Waals surface area contributed by atoms with Gasteiger partial charge in [0, 0.05) is 25.1 Å². The first kappa shape index (κ1) is 12.9. The average Bonchev–Trinajstić information content (AvgIpc) is 2.53. The van der Waals surface area contributed by atoms with Gasteiger partial charge < -0.3 is 10.1 Å².